The monoisotopic (exact) mass is 232 g/mol. The van der Waals surface area contributed by atoms with Crippen molar-refractivity contribution in [2.24, 2.45) is 0 Å². The van der Waals surface area contributed by atoms with Crippen LogP contribution in [0.1, 0.15) is 70.7 Å². The van der Waals surface area contributed by atoms with E-state index in [0.29, 0.717) is 0 Å². The molecule has 17 heavy (non-hydrogen) atoms. The summed E-state index contributed by atoms with van der Waals surface area (Å²) in [5, 5.41) is 0. The van der Waals surface area contributed by atoms with Crippen LogP contribution >= 0.6 is 0 Å². The number of aryl methyl sites for hydroxylation is 1. The van der Waals surface area contributed by atoms with E-state index < -0.39 is 0 Å². The Bertz CT molecular complexity index is 397. The summed E-state index contributed by atoms with van der Waals surface area (Å²) in [5.41, 5.74) is 6.42. The topological polar surface area (TPSA) is 0 Å². The summed E-state index contributed by atoms with van der Waals surface area (Å²) in [6.45, 7) is 18.3. The largest absolute Gasteiger partial charge is 0.0613 e. The van der Waals surface area contributed by atoms with E-state index in [1.54, 1.807) is 0 Å². The Morgan fingerprint density at radius 1 is 0.882 bits per heavy atom. The molecule has 0 unspecified atom stereocenters. The predicted octanol–water partition coefficient (Wildman–Crippen LogP) is 5.15. The smallest absolute Gasteiger partial charge is 0.0129 e. The lowest BCUT2D eigenvalue weighted by molar-refractivity contribution is 0.562. The molecule has 1 aromatic rings. The third-order valence-electron chi connectivity index (χ3n) is 3.50. The maximum absolute atomic E-state index is 2.42. The molecule has 1 aromatic carbocycles. The van der Waals surface area contributed by atoms with Crippen molar-refractivity contribution >= 4 is 0 Å². The van der Waals surface area contributed by atoms with Gasteiger partial charge in [0.25, 0.3) is 0 Å². The maximum Gasteiger partial charge on any atom is -0.0129 e. The highest BCUT2D eigenvalue weighted by atomic mass is 14.3. The molecule has 0 amide bonds. The Labute approximate surface area is 107 Å². The molecule has 0 spiro atoms. The number of rotatable bonds is 1. The Morgan fingerprint density at radius 3 is 1.76 bits per heavy atom. The van der Waals surface area contributed by atoms with E-state index >= 15 is 0 Å². The van der Waals surface area contributed by atoms with Crippen LogP contribution in [0.3, 0.4) is 0 Å². The Kier molecular flexibility index (Phi) is 3.76. The van der Waals surface area contributed by atoms with Crippen LogP contribution in [0.2, 0.25) is 0 Å². The third-order valence-corrected chi connectivity index (χ3v) is 3.50. The average Bonchev–Trinajstić information content (AvgIpc) is 2.13. The first-order valence-electron chi connectivity index (χ1n) is 6.72. The second-order valence-corrected chi connectivity index (χ2v) is 7.17. The molecule has 0 saturated heterocycles. The van der Waals surface area contributed by atoms with Gasteiger partial charge in [-0.1, -0.05) is 60.6 Å². The first-order valence-corrected chi connectivity index (χ1v) is 6.72. The summed E-state index contributed by atoms with van der Waals surface area (Å²) in [5.74, 6) is 0. The molecule has 0 heterocycles. The molecule has 0 bridgehead atoms. The normalized spacial score (nSPS) is 12.9. The van der Waals surface area contributed by atoms with Gasteiger partial charge in [0.15, 0.2) is 0 Å². The molecule has 0 fully saturated rings. The SMILES string of the molecule is CCc1c(C)cc(C(C)(C)C)cc1C(C)(C)C. The zero-order valence-electron chi connectivity index (χ0n) is 12.9. The van der Waals surface area contributed by atoms with Crippen LogP contribution in [-0.2, 0) is 17.3 Å². The van der Waals surface area contributed by atoms with Gasteiger partial charge in [-0.3, -0.25) is 0 Å². The molecule has 0 radical (unpaired) electrons. The number of hydrogen-bond acceptors (Lipinski definition) is 0. The van der Waals surface area contributed by atoms with Crippen LogP contribution in [0.25, 0.3) is 0 Å². The second-order valence-electron chi connectivity index (χ2n) is 7.17. The quantitative estimate of drug-likeness (QED) is 0.628. The van der Waals surface area contributed by atoms with Gasteiger partial charge in [0.05, 0.1) is 0 Å². The first-order chi connectivity index (χ1) is 7.57. The minimum absolute atomic E-state index is 0.233. The van der Waals surface area contributed by atoms with Crippen molar-refractivity contribution in [3.8, 4) is 0 Å². The van der Waals surface area contributed by atoms with E-state index in [9.17, 15) is 0 Å². The molecule has 96 valence electrons. The molecular formula is C17H28. The fourth-order valence-electron chi connectivity index (χ4n) is 2.39. The van der Waals surface area contributed by atoms with Crippen LogP contribution in [-0.4, -0.2) is 0 Å². The first kappa shape index (κ1) is 14.3. The summed E-state index contributed by atoms with van der Waals surface area (Å²) in [7, 11) is 0. The lowest BCUT2D eigenvalue weighted by Crippen LogP contribution is -2.19. The fourth-order valence-corrected chi connectivity index (χ4v) is 2.39. The van der Waals surface area contributed by atoms with Crippen LogP contribution in [0.4, 0.5) is 0 Å². The Morgan fingerprint density at radius 2 is 1.41 bits per heavy atom. The summed E-state index contributed by atoms with van der Waals surface area (Å²) < 4.78 is 0. The van der Waals surface area contributed by atoms with Gasteiger partial charge in [0.1, 0.15) is 0 Å². The highest BCUT2D eigenvalue weighted by molar-refractivity contribution is 5.44. The third kappa shape index (κ3) is 3.12. The molecular weight excluding hydrogens is 204 g/mol. The van der Waals surface area contributed by atoms with Crippen LogP contribution < -0.4 is 0 Å². The van der Waals surface area contributed by atoms with Crippen molar-refractivity contribution in [2.45, 2.75) is 72.6 Å². The van der Waals surface area contributed by atoms with Crippen molar-refractivity contribution < 1.29 is 0 Å². The summed E-state index contributed by atoms with van der Waals surface area (Å²) >= 11 is 0. The van der Waals surface area contributed by atoms with Gasteiger partial charge in [-0.05, 0) is 46.4 Å². The van der Waals surface area contributed by atoms with Crippen LogP contribution in [0, 0.1) is 6.92 Å². The maximum atomic E-state index is 2.42. The van der Waals surface area contributed by atoms with E-state index in [1.807, 2.05) is 0 Å². The molecule has 0 nitrogen and oxygen atoms in total. The van der Waals surface area contributed by atoms with Gasteiger partial charge < -0.3 is 0 Å². The Hall–Kier alpha value is -0.780. The van der Waals surface area contributed by atoms with Crippen molar-refractivity contribution in [1.29, 1.82) is 0 Å². The molecule has 0 aliphatic rings. The fraction of sp³-hybridized carbons (Fsp3) is 0.647. The number of benzene rings is 1. The minimum atomic E-state index is 0.233. The lowest BCUT2D eigenvalue weighted by atomic mass is 9.76. The molecule has 0 N–H and O–H groups in total. The van der Waals surface area contributed by atoms with Gasteiger partial charge in [-0.25, -0.2) is 0 Å². The van der Waals surface area contributed by atoms with E-state index in [0.717, 1.165) is 6.42 Å². The highest BCUT2D eigenvalue weighted by Gasteiger charge is 2.22. The highest BCUT2D eigenvalue weighted by Crippen LogP contribution is 2.33. The molecule has 0 aromatic heterocycles. The predicted molar refractivity (Wildman–Crippen MR) is 78.0 cm³/mol. The lowest BCUT2D eigenvalue weighted by Gasteiger charge is -2.28. The zero-order valence-corrected chi connectivity index (χ0v) is 12.9. The van der Waals surface area contributed by atoms with Gasteiger partial charge in [0, 0.05) is 0 Å². The van der Waals surface area contributed by atoms with Gasteiger partial charge in [0.2, 0.25) is 0 Å². The standard InChI is InChI=1S/C17H28/c1-9-14-12(2)10-13(16(3,4)5)11-15(14)17(6,7)8/h10-11H,9H2,1-8H3. The average molecular weight is 232 g/mol. The molecule has 0 heteroatoms. The van der Waals surface area contributed by atoms with E-state index in [4.69, 9.17) is 0 Å². The molecule has 0 saturated carbocycles. The van der Waals surface area contributed by atoms with Gasteiger partial charge >= 0.3 is 0 Å². The van der Waals surface area contributed by atoms with Crippen LogP contribution in [0.15, 0.2) is 12.1 Å². The summed E-state index contributed by atoms with van der Waals surface area (Å²) in [4.78, 5) is 0. The van der Waals surface area contributed by atoms with Crippen LogP contribution in [0.5, 0.6) is 0 Å². The van der Waals surface area contributed by atoms with E-state index in [-0.39, 0.29) is 10.8 Å². The molecule has 1 rings (SSSR count). The van der Waals surface area contributed by atoms with E-state index in [2.05, 4.69) is 67.5 Å². The molecule has 0 aliphatic carbocycles. The van der Waals surface area contributed by atoms with Crippen molar-refractivity contribution in [3.63, 3.8) is 0 Å². The Balaban J connectivity index is 3.51. The van der Waals surface area contributed by atoms with Crippen molar-refractivity contribution in [3.05, 3.63) is 34.4 Å². The van der Waals surface area contributed by atoms with Crippen molar-refractivity contribution in [1.82, 2.24) is 0 Å². The summed E-state index contributed by atoms with van der Waals surface area (Å²) in [6, 6.07) is 4.79. The molecule has 0 aliphatic heterocycles. The van der Waals surface area contributed by atoms with Crippen molar-refractivity contribution in [2.75, 3.05) is 0 Å². The summed E-state index contributed by atoms with van der Waals surface area (Å²) in [6.07, 6.45) is 1.13. The zero-order chi connectivity index (χ0) is 13.4. The minimum Gasteiger partial charge on any atom is -0.0613 e. The van der Waals surface area contributed by atoms with Gasteiger partial charge in [-0.2, -0.15) is 0 Å². The number of hydrogen-bond donors (Lipinski definition) is 0. The molecule has 0 atom stereocenters. The van der Waals surface area contributed by atoms with Gasteiger partial charge in [-0.15, -0.1) is 0 Å². The second kappa shape index (κ2) is 4.48. The van der Waals surface area contributed by atoms with E-state index in [1.165, 1.54) is 22.3 Å².